The maximum atomic E-state index is 13.4. The summed E-state index contributed by atoms with van der Waals surface area (Å²) in [6.45, 7) is 3.97. The Bertz CT molecular complexity index is 1110. The van der Waals surface area contributed by atoms with Crippen LogP contribution in [0.15, 0.2) is 88.8 Å². The highest BCUT2D eigenvalue weighted by molar-refractivity contribution is 8.03. The number of phosphoric acid groups is 1. The molecule has 4 rings (SSSR count). The summed E-state index contributed by atoms with van der Waals surface area (Å²) >= 11 is 1.41. The van der Waals surface area contributed by atoms with Crippen molar-refractivity contribution in [1.29, 1.82) is 0 Å². The van der Waals surface area contributed by atoms with E-state index >= 15 is 0 Å². The minimum absolute atomic E-state index is 0.214. The average molecular weight is 468 g/mol. The van der Waals surface area contributed by atoms with Crippen molar-refractivity contribution in [3.63, 3.8) is 0 Å². The van der Waals surface area contributed by atoms with Crippen LogP contribution in [-0.2, 0) is 18.1 Å². The Balaban J connectivity index is 1.96. The lowest BCUT2D eigenvalue weighted by molar-refractivity contribution is 0.152. The highest BCUT2D eigenvalue weighted by Gasteiger charge is 2.34. The molecule has 0 bridgehead atoms. The molecule has 166 valence electrons. The molecule has 1 heterocycles. The molecule has 3 aromatic carbocycles. The van der Waals surface area contributed by atoms with Crippen LogP contribution >= 0.6 is 19.6 Å². The van der Waals surface area contributed by atoms with Gasteiger partial charge in [-0.2, -0.15) is 0 Å². The van der Waals surface area contributed by atoms with E-state index in [0.717, 1.165) is 33.0 Å². The molecule has 0 unspecified atom stereocenters. The molecule has 1 aliphatic heterocycles. The predicted molar refractivity (Wildman–Crippen MR) is 131 cm³/mol. The van der Waals surface area contributed by atoms with Gasteiger partial charge in [0.2, 0.25) is 0 Å². The molecule has 0 amide bonds. The molecular weight excluding hydrogens is 441 g/mol. The van der Waals surface area contributed by atoms with Gasteiger partial charge < -0.3 is 9.42 Å². The second-order valence-electron chi connectivity index (χ2n) is 7.04. The number of nitrogens with zero attached hydrogens (tertiary/aromatic N) is 1. The fourth-order valence-corrected chi connectivity index (χ4v) is 6.03. The van der Waals surface area contributed by atoms with Crippen LogP contribution in [0.1, 0.15) is 25.0 Å². The summed E-state index contributed by atoms with van der Waals surface area (Å²) in [5.41, 5.74) is 4.93. The molecule has 1 aliphatic rings. The first kappa shape index (κ1) is 22.7. The second-order valence-corrected chi connectivity index (χ2v) is 9.68. The standard InChI is InChI=1S/C25H26NO4PS/c1-4-28-31(27,29-5-2)30-25(32-19-13-7-6-8-14-19)24-20-15-9-11-17-22(20)26(3)23-18-12-10-16-21(23)24/h6-18H,4-5H2,1-3H3. The molecule has 0 N–H and O–H groups in total. The fourth-order valence-electron chi connectivity index (χ4n) is 3.67. The van der Waals surface area contributed by atoms with Gasteiger partial charge in [0, 0.05) is 40.0 Å². The van der Waals surface area contributed by atoms with Crippen molar-refractivity contribution in [2.75, 3.05) is 25.2 Å². The van der Waals surface area contributed by atoms with Crippen LogP contribution < -0.4 is 4.90 Å². The lowest BCUT2D eigenvalue weighted by Crippen LogP contribution is -2.18. The van der Waals surface area contributed by atoms with Gasteiger partial charge in [0.15, 0.2) is 5.09 Å². The summed E-state index contributed by atoms with van der Waals surface area (Å²) in [4.78, 5) is 3.12. The summed E-state index contributed by atoms with van der Waals surface area (Å²) in [6.07, 6.45) is 0. The third kappa shape index (κ3) is 4.64. The molecule has 0 radical (unpaired) electrons. The molecule has 0 saturated heterocycles. The number of anilines is 2. The predicted octanol–water partition coefficient (Wildman–Crippen LogP) is 7.47. The SMILES string of the molecule is CCOP(=O)(OCC)OC(Sc1ccccc1)=C1c2ccccc2N(C)c2ccccc21. The molecular formula is C25H26NO4PS. The average Bonchev–Trinajstić information content (AvgIpc) is 2.80. The molecule has 0 aromatic heterocycles. The Morgan fingerprint density at radius 2 is 1.31 bits per heavy atom. The van der Waals surface area contributed by atoms with E-state index in [-0.39, 0.29) is 13.2 Å². The summed E-state index contributed by atoms with van der Waals surface area (Å²) in [5, 5.41) is 0.481. The number of para-hydroxylation sites is 2. The van der Waals surface area contributed by atoms with Crippen molar-refractivity contribution < 1.29 is 18.1 Å². The van der Waals surface area contributed by atoms with E-state index in [9.17, 15) is 4.57 Å². The number of hydrogen-bond donors (Lipinski definition) is 0. The van der Waals surface area contributed by atoms with E-state index in [1.165, 1.54) is 11.8 Å². The van der Waals surface area contributed by atoms with E-state index in [2.05, 4.69) is 29.2 Å². The topological polar surface area (TPSA) is 48.0 Å². The number of rotatable bonds is 8. The third-order valence-corrected chi connectivity index (χ3v) is 7.66. The fraction of sp³-hybridized carbons (Fsp3) is 0.200. The summed E-state index contributed by atoms with van der Waals surface area (Å²) < 4.78 is 30.5. The molecule has 0 aliphatic carbocycles. The van der Waals surface area contributed by atoms with Gasteiger partial charge in [0.25, 0.3) is 0 Å². The van der Waals surface area contributed by atoms with Crippen LogP contribution in [0.3, 0.4) is 0 Å². The number of hydrogen-bond acceptors (Lipinski definition) is 6. The first-order valence-corrected chi connectivity index (χ1v) is 12.8. The Hall–Kier alpha value is -2.50. The van der Waals surface area contributed by atoms with Crippen LogP contribution in [0.4, 0.5) is 11.4 Å². The third-order valence-electron chi connectivity index (χ3n) is 5.00. The maximum Gasteiger partial charge on any atom is 0.530 e. The molecule has 0 atom stereocenters. The largest absolute Gasteiger partial charge is 0.530 e. The lowest BCUT2D eigenvalue weighted by Gasteiger charge is -2.33. The van der Waals surface area contributed by atoms with Gasteiger partial charge in [-0.1, -0.05) is 66.4 Å². The zero-order valence-electron chi connectivity index (χ0n) is 18.4. The normalized spacial score (nSPS) is 12.8. The molecule has 0 fully saturated rings. The van der Waals surface area contributed by atoms with E-state index in [4.69, 9.17) is 13.6 Å². The molecule has 5 nitrogen and oxygen atoms in total. The van der Waals surface area contributed by atoms with Crippen LogP contribution in [0, 0.1) is 0 Å². The molecule has 32 heavy (non-hydrogen) atoms. The number of phosphoric ester groups is 1. The van der Waals surface area contributed by atoms with Gasteiger partial charge >= 0.3 is 7.82 Å². The zero-order chi connectivity index (χ0) is 22.6. The van der Waals surface area contributed by atoms with Crippen LogP contribution in [0.5, 0.6) is 0 Å². The molecule has 0 spiro atoms. The zero-order valence-corrected chi connectivity index (χ0v) is 20.1. The van der Waals surface area contributed by atoms with Gasteiger partial charge in [-0.25, -0.2) is 4.57 Å². The minimum atomic E-state index is -3.81. The number of fused-ring (bicyclic) bond motifs is 2. The van der Waals surface area contributed by atoms with Gasteiger partial charge in [0.1, 0.15) is 0 Å². The van der Waals surface area contributed by atoms with Gasteiger partial charge in [-0.3, -0.25) is 9.05 Å². The quantitative estimate of drug-likeness (QED) is 0.194. The first-order chi connectivity index (χ1) is 15.6. The minimum Gasteiger partial charge on any atom is -0.396 e. The second kappa shape index (κ2) is 9.97. The Morgan fingerprint density at radius 3 is 1.84 bits per heavy atom. The first-order valence-electron chi connectivity index (χ1n) is 10.5. The van der Waals surface area contributed by atoms with Crippen LogP contribution in [0.25, 0.3) is 5.57 Å². The molecule has 0 saturated carbocycles. The van der Waals surface area contributed by atoms with Crippen molar-refractivity contribution in [1.82, 2.24) is 0 Å². The highest BCUT2D eigenvalue weighted by Crippen LogP contribution is 2.57. The Labute approximate surface area is 193 Å². The number of thioether (sulfide) groups is 1. The van der Waals surface area contributed by atoms with Crippen molar-refractivity contribution in [3.05, 3.63) is 95.1 Å². The van der Waals surface area contributed by atoms with Crippen LogP contribution in [0.2, 0.25) is 0 Å². The van der Waals surface area contributed by atoms with Gasteiger partial charge in [-0.15, -0.1) is 0 Å². The van der Waals surface area contributed by atoms with Gasteiger partial charge in [-0.05, 0) is 38.1 Å². The lowest BCUT2D eigenvalue weighted by atomic mass is 9.91. The van der Waals surface area contributed by atoms with Crippen LogP contribution in [-0.4, -0.2) is 20.3 Å². The maximum absolute atomic E-state index is 13.4. The van der Waals surface area contributed by atoms with E-state index < -0.39 is 7.82 Å². The van der Waals surface area contributed by atoms with Gasteiger partial charge in [0.05, 0.1) is 13.2 Å². The summed E-state index contributed by atoms with van der Waals surface area (Å²) in [6, 6.07) is 26.1. The summed E-state index contributed by atoms with van der Waals surface area (Å²) in [7, 11) is -1.76. The van der Waals surface area contributed by atoms with E-state index in [1.54, 1.807) is 13.8 Å². The highest BCUT2D eigenvalue weighted by atomic mass is 32.2. The smallest absolute Gasteiger partial charge is 0.396 e. The van der Waals surface area contributed by atoms with Crippen molar-refractivity contribution in [3.8, 4) is 0 Å². The Morgan fingerprint density at radius 1 is 0.812 bits per heavy atom. The van der Waals surface area contributed by atoms with E-state index in [1.807, 2.05) is 61.6 Å². The van der Waals surface area contributed by atoms with Crippen molar-refractivity contribution >= 4 is 36.5 Å². The van der Waals surface area contributed by atoms with Crippen molar-refractivity contribution in [2.24, 2.45) is 0 Å². The molecule has 7 heteroatoms. The molecule has 3 aromatic rings. The van der Waals surface area contributed by atoms with E-state index in [0.29, 0.717) is 5.09 Å². The van der Waals surface area contributed by atoms with Crippen molar-refractivity contribution in [2.45, 2.75) is 18.7 Å². The Kier molecular flexibility index (Phi) is 7.07. The summed E-state index contributed by atoms with van der Waals surface area (Å²) in [5.74, 6) is 0. The number of benzene rings is 3. The monoisotopic (exact) mass is 467 g/mol.